The molecule has 0 radical (unpaired) electrons. The predicted molar refractivity (Wildman–Crippen MR) is 111 cm³/mol. The fraction of sp³-hybridized carbons (Fsp3) is 0.182. The van der Waals surface area contributed by atoms with Crippen LogP contribution in [0.25, 0.3) is 11.1 Å². The zero-order chi connectivity index (χ0) is 21.3. The topological polar surface area (TPSA) is 45.2 Å². The van der Waals surface area contributed by atoms with E-state index in [1.807, 2.05) is 0 Å². The fourth-order valence-electron chi connectivity index (χ4n) is 3.44. The van der Waals surface area contributed by atoms with Gasteiger partial charge in [-0.2, -0.15) is 0 Å². The standard InChI is InChI=1S/C22H17ClF3N3O/c23-14-3-1-13(2-4-14)22(30)28-20-17(18-11-15(24)5-6-19(18)26)7-9-27-21(20)29-10-8-16(25)12-29/h1-7,9,11,16H,8,10,12H2,(H,28,30). The average molecular weight is 432 g/mol. The SMILES string of the molecule is O=C(Nc1c(-c2cc(F)ccc2F)ccnc1N1CCC(F)C1)c1ccc(Cl)cc1. The van der Waals surface area contributed by atoms with Crippen molar-refractivity contribution < 1.29 is 18.0 Å². The van der Waals surface area contributed by atoms with Crippen molar-refractivity contribution in [2.45, 2.75) is 12.6 Å². The molecule has 8 heteroatoms. The maximum absolute atomic E-state index is 14.5. The third-order valence-electron chi connectivity index (χ3n) is 4.92. The number of nitrogens with zero attached hydrogens (tertiary/aromatic N) is 2. The van der Waals surface area contributed by atoms with Gasteiger partial charge in [0.25, 0.3) is 5.91 Å². The molecule has 1 unspecified atom stereocenters. The van der Waals surface area contributed by atoms with E-state index in [0.717, 1.165) is 18.2 Å². The van der Waals surface area contributed by atoms with E-state index in [-0.39, 0.29) is 23.4 Å². The summed E-state index contributed by atoms with van der Waals surface area (Å²) in [6.07, 6.45) is 0.727. The molecule has 1 atom stereocenters. The highest BCUT2D eigenvalue weighted by Gasteiger charge is 2.27. The minimum Gasteiger partial charge on any atom is -0.352 e. The summed E-state index contributed by atoms with van der Waals surface area (Å²) < 4.78 is 42.2. The molecule has 1 amide bonds. The Morgan fingerprint density at radius 2 is 1.87 bits per heavy atom. The second-order valence-corrected chi connectivity index (χ2v) is 7.41. The number of halogens is 4. The first kappa shape index (κ1) is 20.2. The molecule has 30 heavy (non-hydrogen) atoms. The van der Waals surface area contributed by atoms with Gasteiger partial charge in [0.1, 0.15) is 17.8 Å². The van der Waals surface area contributed by atoms with Crippen molar-refractivity contribution in [3.05, 3.63) is 76.9 Å². The van der Waals surface area contributed by atoms with Crippen LogP contribution >= 0.6 is 11.6 Å². The number of pyridine rings is 1. The average Bonchev–Trinajstić information content (AvgIpc) is 3.16. The lowest BCUT2D eigenvalue weighted by Crippen LogP contribution is -2.24. The van der Waals surface area contributed by atoms with Gasteiger partial charge >= 0.3 is 0 Å². The molecule has 3 aromatic rings. The number of aromatic nitrogens is 1. The minimum atomic E-state index is -1.03. The second kappa shape index (κ2) is 8.36. The smallest absolute Gasteiger partial charge is 0.255 e. The highest BCUT2D eigenvalue weighted by Crippen LogP contribution is 2.38. The van der Waals surface area contributed by atoms with E-state index in [0.29, 0.717) is 29.4 Å². The largest absolute Gasteiger partial charge is 0.352 e. The third kappa shape index (κ3) is 4.11. The number of alkyl halides is 1. The van der Waals surface area contributed by atoms with Gasteiger partial charge in [0.05, 0.1) is 12.2 Å². The molecule has 4 nitrogen and oxygen atoms in total. The Labute approximate surface area is 176 Å². The molecule has 1 fully saturated rings. The molecule has 1 aromatic heterocycles. The van der Waals surface area contributed by atoms with E-state index in [2.05, 4.69) is 10.3 Å². The van der Waals surface area contributed by atoms with E-state index in [1.165, 1.54) is 12.3 Å². The molecular formula is C22H17ClF3N3O. The zero-order valence-electron chi connectivity index (χ0n) is 15.7. The Balaban J connectivity index is 1.81. The first-order valence-electron chi connectivity index (χ1n) is 9.33. The van der Waals surface area contributed by atoms with Gasteiger partial charge in [-0.3, -0.25) is 4.79 Å². The summed E-state index contributed by atoms with van der Waals surface area (Å²) in [5, 5.41) is 3.23. The van der Waals surface area contributed by atoms with E-state index in [4.69, 9.17) is 11.6 Å². The molecular weight excluding hydrogens is 415 g/mol. The molecule has 0 aliphatic carbocycles. The van der Waals surface area contributed by atoms with E-state index in [1.54, 1.807) is 29.2 Å². The number of rotatable bonds is 4. The van der Waals surface area contributed by atoms with Crippen LogP contribution in [0.4, 0.5) is 24.7 Å². The number of anilines is 2. The monoisotopic (exact) mass is 431 g/mol. The molecule has 0 bridgehead atoms. The molecule has 1 N–H and O–H groups in total. The van der Waals surface area contributed by atoms with Crippen molar-refractivity contribution in [3.63, 3.8) is 0 Å². The lowest BCUT2D eigenvalue weighted by molar-refractivity contribution is 0.102. The van der Waals surface area contributed by atoms with Crippen LogP contribution in [0.3, 0.4) is 0 Å². The number of carbonyl (C=O) groups excluding carboxylic acids is 1. The summed E-state index contributed by atoms with van der Waals surface area (Å²) in [5.41, 5.74) is 0.739. The van der Waals surface area contributed by atoms with Gasteiger partial charge in [0.15, 0.2) is 5.82 Å². The minimum absolute atomic E-state index is 0.0268. The molecule has 1 aliphatic rings. The molecule has 1 saturated heterocycles. The van der Waals surface area contributed by atoms with Gasteiger partial charge in [-0.05, 0) is 55.0 Å². The van der Waals surface area contributed by atoms with Gasteiger partial charge in [-0.25, -0.2) is 18.2 Å². The van der Waals surface area contributed by atoms with Crippen LogP contribution in [0.5, 0.6) is 0 Å². The van der Waals surface area contributed by atoms with Crippen LogP contribution in [0.1, 0.15) is 16.8 Å². The van der Waals surface area contributed by atoms with Crippen molar-refractivity contribution in [1.29, 1.82) is 0 Å². The molecule has 2 heterocycles. The predicted octanol–water partition coefficient (Wildman–Crippen LogP) is 5.48. The van der Waals surface area contributed by atoms with E-state index < -0.39 is 23.7 Å². The van der Waals surface area contributed by atoms with Gasteiger partial charge in [0.2, 0.25) is 0 Å². The molecule has 0 saturated carbocycles. The number of hydrogen-bond donors (Lipinski definition) is 1. The summed E-state index contributed by atoms with van der Waals surface area (Å²) in [4.78, 5) is 18.8. The third-order valence-corrected chi connectivity index (χ3v) is 5.18. The number of benzene rings is 2. The summed E-state index contributed by atoms with van der Waals surface area (Å²) >= 11 is 5.88. The van der Waals surface area contributed by atoms with Gasteiger partial charge < -0.3 is 10.2 Å². The summed E-state index contributed by atoms with van der Waals surface area (Å²) in [5.74, 6) is -1.45. The Morgan fingerprint density at radius 1 is 1.10 bits per heavy atom. The lowest BCUT2D eigenvalue weighted by Gasteiger charge is -2.23. The Hall–Kier alpha value is -3.06. The van der Waals surface area contributed by atoms with Gasteiger partial charge in [0, 0.05) is 34.5 Å². The van der Waals surface area contributed by atoms with Gasteiger partial charge in [-0.15, -0.1) is 0 Å². The quantitative estimate of drug-likeness (QED) is 0.595. The van der Waals surface area contributed by atoms with Crippen LogP contribution in [0.2, 0.25) is 5.02 Å². The normalized spacial score (nSPS) is 16.0. The van der Waals surface area contributed by atoms with Crippen LogP contribution < -0.4 is 10.2 Å². The maximum atomic E-state index is 14.5. The van der Waals surface area contributed by atoms with E-state index >= 15 is 0 Å². The Morgan fingerprint density at radius 3 is 2.57 bits per heavy atom. The van der Waals surface area contributed by atoms with Gasteiger partial charge in [-0.1, -0.05) is 11.6 Å². The van der Waals surface area contributed by atoms with Crippen molar-refractivity contribution in [3.8, 4) is 11.1 Å². The summed E-state index contributed by atoms with van der Waals surface area (Å²) in [7, 11) is 0. The van der Waals surface area contributed by atoms with Crippen LogP contribution in [-0.4, -0.2) is 30.2 Å². The first-order valence-corrected chi connectivity index (χ1v) is 9.70. The van der Waals surface area contributed by atoms with Crippen molar-refractivity contribution in [1.82, 2.24) is 4.98 Å². The maximum Gasteiger partial charge on any atom is 0.255 e. The molecule has 4 rings (SSSR count). The second-order valence-electron chi connectivity index (χ2n) is 6.97. The molecule has 0 spiro atoms. The van der Waals surface area contributed by atoms with Crippen molar-refractivity contribution >= 4 is 29.0 Å². The van der Waals surface area contributed by atoms with Crippen LogP contribution in [0.15, 0.2) is 54.7 Å². The zero-order valence-corrected chi connectivity index (χ0v) is 16.5. The molecule has 1 aliphatic heterocycles. The lowest BCUT2D eigenvalue weighted by atomic mass is 10.0. The highest BCUT2D eigenvalue weighted by atomic mass is 35.5. The Bertz CT molecular complexity index is 1090. The van der Waals surface area contributed by atoms with E-state index in [9.17, 15) is 18.0 Å². The first-order chi connectivity index (χ1) is 14.4. The number of amides is 1. The summed E-state index contributed by atoms with van der Waals surface area (Å²) in [6.45, 7) is 0.499. The van der Waals surface area contributed by atoms with Crippen molar-refractivity contribution in [2.75, 3.05) is 23.3 Å². The van der Waals surface area contributed by atoms with Crippen molar-refractivity contribution in [2.24, 2.45) is 0 Å². The number of hydrogen-bond acceptors (Lipinski definition) is 3. The number of nitrogens with one attached hydrogen (secondary N) is 1. The molecule has 154 valence electrons. The number of carbonyl (C=O) groups is 1. The summed E-state index contributed by atoms with van der Waals surface area (Å²) in [6, 6.07) is 10.8. The highest BCUT2D eigenvalue weighted by molar-refractivity contribution is 6.30. The van der Waals surface area contributed by atoms with Crippen LogP contribution in [-0.2, 0) is 0 Å². The molecule has 2 aromatic carbocycles. The van der Waals surface area contributed by atoms with Crippen LogP contribution in [0, 0.1) is 11.6 Å². The Kier molecular flexibility index (Phi) is 5.63. The fourth-order valence-corrected chi connectivity index (χ4v) is 3.57.